The zero-order chi connectivity index (χ0) is 13.7. The van der Waals surface area contributed by atoms with E-state index in [2.05, 4.69) is 18.3 Å². The Kier molecular flexibility index (Phi) is 5.26. The van der Waals surface area contributed by atoms with E-state index >= 15 is 0 Å². The van der Waals surface area contributed by atoms with Crippen LogP contribution in [0.4, 0.5) is 0 Å². The molecule has 104 valence electrons. The highest BCUT2D eigenvalue weighted by molar-refractivity contribution is 6.17. The molecule has 1 N–H and O–H groups in total. The van der Waals surface area contributed by atoms with Crippen molar-refractivity contribution in [2.45, 2.75) is 45.0 Å². The molecule has 1 amide bonds. The second kappa shape index (κ2) is 6.95. The van der Waals surface area contributed by atoms with Crippen molar-refractivity contribution in [3.05, 3.63) is 35.4 Å². The monoisotopic (exact) mass is 279 g/mol. The van der Waals surface area contributed by atoms with Crippen molar-refractivity contribution in [3.63, 3.8) is 0 Å². The Bertz CT molecular complexity index is 425. The number of rotatable bonds is 4. The number of halogens is 1. The third kappa shape index (κ3) is 4.24. The highest BCUT2D eigenvalue weighted by atomic mass is 35.5. The van der Waals surface area contributed by atoms with Crippen molar-refractivity contribution in [2.75, 3.05) is 0 Å². The van der Waals surface area contributed by atoms with Crippen molar-refractivity contribution < 1.29 is 4.79 Å². The van der Waals surface area contributed by atoms with Crippen molar-refractivity contribution in [1.29, 1.82) is 0 Å². The van der Waals surface area contributed by atoms with Crippen LogP contribution in [0.2, 0.25) is 0 Å². The normalized spacial score (nSPS) is 23.1. The molecule has 1 aromatic rings. The number of amides is 1. The Morgan fingerprint density at radius 2 is 1.95 bits per heavy atom. The van der Waals surface area contributed by atoms with Crippen LogP contribution in [0, 0.1) is 11.8 Å². The highest BCUT2D eigenvalue weighted by Crippen LogP contribution is 2.28. The molecule has 1 aliphatic rings. The van der Waals surface area contributed by atoms with E-state index in [4.69, 9.17) is 11.6 Å². The summed E-state index contributed by atoms with van der Waals surface area (Å²) in [7, 11) is 0. The van der Waals surface area contributed by atoms with Gasteiger partial charge in [-0.25, -0.2) is 0 Å². The average molecular weight is 280 g/mol. The summed E-state index contributed by atoms with van der Waals surface area (Å²) in [4.78, 5) is 12.1. The summed E-state index contributed by atoms with van der Waals surface area (Å²) in [5.41, 5.74) is 2.22. The molecule has 0 aliphatic heterocycles. The van der Waals surface area contributed by atoms with Crippen LogP contribution >= 0.6 is 11.6 Å². The van der Waals surface area contributed by atoms with Gasteiger partial charge in [0.05, 0.1) is 0 Å². The molecule has 2 rings (SSSR count). The average Bonchev–Trinajstić information content (AvgIpc) is 2.46. The highest BCUT2D eigenvalue weighted by Gasteiger charge is 2.23. The predicted octanol–water partition coefficient (Wildman–Crippen LogP) is 3.87. The standard InChI is InChI=1S/C16H22ClNO/c1-12-5-7-15(8-6-12)16(19)18-11-14-4-2-3-13(9-14)10-17/h2-4,9,12,15H,5-8,10-11H2,1H3,(H,18,19). The smallest absolute Gasteiger partial charge is 0.223 e. The molecule has 0 saturated heterocycles. The summed E-state index contributed by atoms with van der Waals surface area (Å²) in [5, 5.41) is 3.05. The van der Waals surface area contributed by atoms with Gasteiger partial charge in [0.1, 0.15) is 0 Å². The van der Waals surface area contributed by atoms with E-state index in [0.717, 1.165) is 29.9 Å². The van der Waals surface area contributed by atoms with Crippen LogP contribution in [-0.2, 0) is 17.2 Å². The van der Waals surface area contributed by atoms with Gasteiger partial charge >= 0.3 is 0 Å². The third-order valence-corrected chi connectivity index (χ3v) is 4.31. The lowest BCUT2D eigenvalue weighted by molar-refractivity contribution is -0.126. The van der Waals surface area contributed by atoms with Gasteiger partial charge in [-0.2, -0.15) is 0 Å². The molecule has 1 aliphatic carbocycles. The summed E-state index contributed by atoms with van der Waals surface area (Å²) in [6.45, 7) is 2.88. The Labute approximate surface area is 120 Å². The summed E-state index contributed by atoms with van der Waals surface area (Å²) in [6.07, 6.45) is 4.43. The number of nitrogens with one attached hydrogen (secondary N) is 1. The number of hydrogen-bond acceptors (Lipinski definition) is 1. The maximum absolute atomic E-state index is 12.1. The lowest BCUT2D eigenvalue weighted by atomic mass is 9.82. The van der Waals surface area contributed by atoms with Gasteiger partial charge < -0.3 is 5.32 Å². The largest absolute Gasteiger partial charge is 0.352 e. The molecule has 1 fully saturated rings. The minimum atomic E-state index is 0.211. The van der Waals surface area contributed by atoms with Gasteiger partial charge in [0.25, 0.3) is 0 Å². The second-order valence-electron chi connectivity index (χ2n) is 5.63. The number of benzene rings is 1. The molecule has 1 aromatic carbocycles. The van der Waals surface area contributed by atoms with Crippen LogP contribution in [0.15, 0.2) is 24.3 Å². The second-order valence-corrected chi connectivity index (χ2v) is 5.90. The van der Waals surface area contributed by atoms with Crippen molar-refractivity contribution in [3.8, 4) is 0 Å². The van der Waals surface area contributed by atoms with Gasteiger partial charge in [-0.15, -0.1) is 11.6 Å². The lowest BCUT2D eigenvalue weighted by Crippen LogP contribution is -2.32. The zero-order valence-electron chi connectivity index (χ0n) is 11.5. The van der Waals surface area contributed by atoms with E-state index in [1.54, 1.807) is 0 Å². The van der Waals surface area contributed by atoms with E-state index in [1.165, 1.54) is 12.8 Å². The Balaban J connectivity index is 1.82. The lowest BCUT2D eigenvalue weighted by Gasteiger charge is -2.25. The van der Waals surface area contributed by atoms with E-state index < -0.39 is 0 Å². The first-order valence-electron chi connectivity index (χ1n) is 7.10. The molecule has 0 bridgehead atoms. The predicted molar refractivity (Wildman–Crippen MR) is 79.0 cm³/mol. The molecule has 0 unspecified atom stereocenters. The van der Waals surface area contributed by atoms with Gasteiger partial charge in [0.15, 0.2) is 0 Å². The third-order valence-electron chi connectivity index (χ3n) is 4.00. The fourth-order valence-electron chi connectivity index (χ4n) is 2.68. The summed E-state index contributed by atoms with van der Waals surface area (Å²) in [6, 6.07) is 8.07. The molecule has 3 heteroatoms. The first-order valence-corrected chi connectivity index (χ1v) is 7.64. The first kappa shape index (κ1) is 14.4. The molecule has 19 heavy (non-hydrogen) atoms. The van der Waals surface area contributed by atoms with Crippen LogP contribution in [0.25, 0.3) is 0 Å². The van der Waals surface area contributed by atoms with Gasteiger partial charge in [-0.1, -0.05) is 31.2 Å². The van der Waals surface area contributed by atoms with E-state index in [0.29, 0.717) is 12.4 Å². The molecule has 0 heterocycles. The van der Waals surface area contributed by atoms with Gasteiger partial charge in [-0.3, -0.25) is 4.79 Å². The topological polar surface area (TPSA) is 29.1 Å². The van der Waals surface area contributed by atoms with Crippen LogP contribution < -0.4 is 5.32 Å². The molecule has 2 nitrogen and oxygen atoms in total. The van der Waals surface area contributed by atoms with Gasteiger partial charge in [-0.05, 0) is 42.7 Å². The SMILES string of the molecule is CC1CCC(C(=O)NCc2cccc(CCl)c2)CC1. The van der Waals surface area contributed by atoms with Gasteiger partial charge in [0, 0.05) is 18.3 Å². The maximum Gasteiger partial charge on any atom is 0.223 e. The Morgan fingerprint density at radius 1 is 1.26 bits per heavy atom. The molecule has 0 spiro atoms. The fraction of sp³-hybridized carbons (Fsp3) is 0.562. The Hall–Kier alpha value is -1.02. The summed E-state index contributed by atoms with van der Waals surface area (Å²) >= 11 is 5.81. The zero-order valence-corrected chi connectivity index (χ0v) is 12.2. The Morgan fingerprint density at radius 3 is 2.63 bits per heavy atom. The molecule has 0 atom stereocenters. The van der Waals surface area contributed by atoms with Crippen LogP contribution in [0.5, 0.6) is 0 Å². The number of carbonyl (C=O) groups is 1. The van der Waals surface area contributed by atoms with Crippen molar-refractivity contribution in [1.82, 2.24) is 5.32 Å². The molecule has 0 aromatic heterocycles. The van der Waals surface area contributed by atoms with E-state index in [9.17, 15) is 4.79 Å². The van der Waals surface area contributed by atoms with E-state index in [1.807, 2.05) is 18.2 Å². The summed E-state index contributed by atoms with van der Waals surface area (Å²) in [5.74, 6) is 1.72. The van der Waals surface area contributed by atoms with E-state index in [-0.39, 0.29) is 11.8 Å². The molecular formula is C16H22ClNO. The van der Waals surface area contributed by atoms with Crippen LogP contribution in [0.1, 0.15) is 43.7 Å². The number of hydrogen-bond donors (Lipinski definition) is 1. The molecule has 1 saturated carbocycles. The molecular weight excluding hydrogens is 258 g/mol. The van der Waals surface area contributed by atoms with Gasteiger partial charge in [0.2, 0.25) is 5.91 Å². The minimum absolute atomic E-state index is 0.211. The van der Waals surface area contributed by atoms with Crippen molar-refractivity contribution in [2.24, 2.45) is 11.8 Å². The summed E-state index contributed by atoms with van der Waals surface area (Å²) < 4.78 is 0. The minimum Gasteiger partial charge on any atom is -0.352 e. The van der Waals surface area contributed by atoms with Crippen LogP contribution in [0.3, 0.4) is 0 Å². The number of carbonyl (C=O) groups excluding carboxylic acids is 1. The number of alkyl halides is 1. The first-order chi connectivity index (χ1) is 9.19. The quantitative estimate of drug-likeness (QED) is 0.833. The van der Waals surface area contributed by atoms with Crippen molar-refractivity contribution >= 4 is 17.5 Å². The molecule has 0 radical (unpaired) electrons. The van der Waals surface area contributed by atoms with Crippen LogP contribution in [-0.4, -0.2) is 5.91 Å². The maximum atomic E-state index is 12.1. The fourth-order valence-corrected chi connectivity index (χ4v) is 2.84.